The molecule has 7 heteroatoms. The number of carbonyl (C=O) groups is 2. The van der Waals surface area contributed by atoms with Gasteiger partial charge in [0.15, 0.2) is 0 Å². The second kappa shape index (κ2) is 9.59. The molecule has 1 fully saturated rings. The molecule has 0 radical (unpaired) electrons. The Kier molecular flexibility index (Phi) is 6.42. The highest BCUT2D eigenvalue weighted by Crippen LogP contribution is 2.42. The molecule has 6 N–H and O–H groups in total. The van der Waals surface area contributed by atoms with E-state index in [1.54, 1.807) is 24.3 Å². The summed E-state index contributed by atoms with van der Waals surface area (Å²) >= 11 is 0. The van der Waals surface area contributed by atoms with Gasteiger partial charge in [0.1, 0.15) is 5.84 Å². The molecule has 0 spiro atoms. The predicted molar refractivity (Wildman–Crippen MR) is 130 cm³/mol. The molecule has 1 saturated heterocycles. The van der Waals surface area contributed by atoms with Crippen molar-refractivity contribution in [3.8, 4) is 17.2 Å². The maximum Gasteiger partial charge on any atom is 0.224 e. The number of amidine groups is 1. The molecular formula is C27H25N5O2. The molecule has 1 aliphatic heterocycles. The van der Waals surface area contributed by atoms with Gasteiger partial charge in [-0.1, -0.05) is 60.7 Å². The number of primary amides is 1. The van der Waals surface area contributed by atoms with Crippen molar-refractivity contribution in [1.29, 1.82) is 10.7 Å². The molecule has 1 aliphatic rings. The minimum atomic E-state index is -0.502. The molecule has 1 heterocycles. The average Bonchev–Trinajstić information content (AvgIpc) is 3.23. The third-order valence-electron chi connectivity index (χ3n) is 6.35. The fraction of sp³-hybridized carbons (Fsp3) is 0.185. The summed E-state index contributed by atoms with van der Waals surface area (Å²) in [5, 5.41) is 20.4. The lowest BCUT2D eigenvalue weighted by Gasteiger charge is -2.22. The number of rotatable bonds is 7. The van der Waals surface area contributed by atoms with Crippen molar-refractivity contribution in [2.45, 2.75) is 24.8 Å². The van der Waals surface area contributed by atoms with Gasteiger partial charge in [-0.25, -0.2) is 0 Å². The predicted octanol–water partition coefficient (Wildman–Crippen LogP) is 3.35. The number of carbonyl (C=O) groups excluding carboxylic acids is 2. The Labute approximate surface area is 197 Å². The Morgan fingerprint density at radius 1 is 1.06 bits per heavy atom. The van der Waals surface area contributed by atoms with Gasteiger partial charge in [0.25, 0.3) is 0 Å². The molecule has 0 aromatic heterocycles. The van der Waals surface area contributed by atoms with Gasteiger partial charge in [0, 0.05) is 23.8 Å². The van der Waals surface area contributed by atoms with Crippen LogP contribution in [0.3, 0.4) is 0 Å². The molecule has 0 saturated carbocycles. The van der Waals surface area contributed by atoms with E-state index in [4.69, 9.17) is 16.9 Å². The lowest BCUT2D eigenvalue weighted by molar-refractivity contribution is -0.123. The summed E-state index contributed by atoms with van der Waals surface area (Å²) in [5.41, 5.74) is 15.6. The number of hydrogen-bond donors (Lipinski definition) is 4. The van der Waals surface area contributed by atoms with Crippen molar-refractivity contribution in [1.82, 2.24) is 5.32 Å². The molecular weight excluding hydrogens is 426 g/mol. The van der Waals surface area contributed by atoms with Crippen LogP contribution in [0.2, 0.25) is 0 Å². The SMILES string of the molecule is N#Cc1ccccc1-c1ccccc1C1CC(C(CC(N)=O)c2cccc(C(=N)N)c2)C(=O)N1. The van der Waals surface area contributed by atoms with E-state index in [1.165, 1.54) is 0 Å². The van der Waals surface area contributed by atoms with E-state index in [0.717, 1.165) is 22.3 Å². The van der Waals surface area contributed by atoms with Crippen molar-refractivity contribution >= 4 is 17.6 Å². The van der Waals surface area contributed by atoms with Crippen LogP contribution in [0.1, 0.15) is 47.1 Å². The van der Waals surface area contributed by atoms with Crippen molar-refractivity contribution in [2.24, 2.45) is 17.4 Å². The summed E-state index contributed by atoms with van der Waals surface area (Å²) in [4.78, 5) is 25.1. The number of nitrogens with zero attached hydrogens (tertiary/aromatic N) is 1. The van der Waals surface area contributed by atoms with E-state index in [1.807, 2.05) is 48.5 Å². The van der Waals surface area contributed by atoms with Gasteiger partial charge >= 0.3 is 0 Å². The van der Waals surface area contributed by atoms with Gasteiger partial charge in [0.05, 0.1) is 17.7 Å². The molecule has 0 bridgehead atoms. The Bertz CT molecular complexity index is 1310. The minimum absolute atomic E-state index is 0.00504. The highest BCUT2D eigenvalue weighted by molar-refractivity contribution is 5.95. The summed E-state index contributed by atoms with van der Waals surface area (Å²) in [6, 6.07) is 24.1. The van der Waals surface area contributed by atoms with E-state index in [-0.39, 0.29) is 24.2 Å². The smallest absolute Gasteiger partial charge is 0.224 e. The Morgan fingerprint density at radius 3 is 2.47 bits per heavy atom. The van der Waals surface area contributed by atoms with Crippen LogP contribution in [0.4, 0.5) is 0 Å². The van der Waals surface area contributed by atoms with Gasteiger partial charge in [-0.05, 0) is 40.8 Å². The molecule has 3 aromatic carbocycles. The Balaban J connectivity index is 1.70. The molecule has 34 heavy (non-hydrogen) atoms. The summed E-state index contributed by atoms with van der Waals surface area (Å²) in [5.74, 6) is -1.68. The summed E-state index contributed by atoms with van der Waals surface area (Å²) < 4.78 is 0. The Morgan fingerprint density at radius 2 is 1.76 bits per heavy atom. The van der Waals surface area contributed by atoms with Gasteiger partial charge in [-0.15, -0.1) is 0 Å². The number of hydrogen-bond acceptors (Lipinski definition) is 4. The minimum Gasteiger partial charge on any atom is -0.384 e. The highest BCUT2D eigenvalue weighted by atomic mass is 16.2. The quantitative estimate of drug-likeness (QED) is 0.322. The van der Waals surface area contributed by atoms with Crippen molar-refractivity contribution in [3.63, 3.8) is 0 Å². The van der Waals surface area contributed by atoms with Crippen molar-refractivity contribution < 1.29 is 9.59 Å². The maximum atomic E-state index is 13.2. The van der Waals surface area contributed by atoms with Crippen molar-refractivity contribution in [2.75, 3.05) is 0 Å². The third kappa shape index (κ3) is 4.52. The number of amides is 2. The second-order valence-electron chi connectivity index (χ2n) is 8.46. The summed E-state index contributed by atoms with van der Waals surface area (Å²) in [7, 11) is 0. The van der Waals surface area contributed by atoms with Crippen LogP contribution in [0.25, 0.3) is 11.1 Å². The van der Waals surface area contributed by atoms with Crippen molar-refractivity contribution in [3.05, 3.63) is 95.1 Å². The fourth-order valence-corrected chi connectivity index (χ4v) is 4.76. The summed E-state index contributed by atoms with van der Waals surface area (Å²) in [6.45, 7) is 0. The Hall–Kier alpha value is -4.44. The van der Waals surface area contributed by atoms with Gasteiger partial charge in [0.2, 0.25) is 11.8 Å². The molecule has 7 nitrogen and oxygen atoms in total. The first kappa shape index (κ1) is 22.7. The zero-order chi connectivity index (χ0) is 24.2. The molecule has 4 rings (SSSR count). The lowest BCUT2D eigenvalue weighted by Crippen LogP contribution is -2.28. The molecule has 3 aromatic rings. The monoisotopic (exact) mass is 451 g/mol. The number of nitrogens with one attached hydrogen (secondary N) is 2. The second-order valence-corrected chi connectivity index (χ2v) is 8.46. The average molecular weight is 452 g/mol. The van der Waals surface area contributed by atoms with Crippen LogP contribution in [-0.2, 0) is 9.59 Å². The van der Waals surface area contributed by atoms with Crippen LogP contribution in [0.5, 0.6) is 0 Å². The number of nitriles is 1. The van der Waals surface area contributed by atoms with Gasteiger partial charge in [-0.3, -0.25) is 15.0 Å². The highest BCUT2D eigenvalue weighted by Gasteiger charge is 2.40. The summed E-state index contributed by atoms with van der Waals surface area (Å²) in [6.07, 6.45) is 0.470. The fourth-order valence-electron chi connectivity index (χ4n) is 4.76. The van der Waals surface area contributed by atoms with E-state index in [2.05, 4.69) is 11.4 Å². The largest absolute Gasteiger partial charge is 0.384 e. The van der Waals surface area contributed by atoms with Crippen LogP contribution in [-0.4, -0.2) is 17.6 Å². The van der Waals surface area contributed by atoms with Gasteiger partial charge < -0.3 is 16.8 Å². The normalized spacial score (nSPS) is 18.0. The third-order valence-corrected chi connectivity index (χ3v) is 6.35. The van der Waals surface area contributed by atoms with E-state index >= 15 is 0 Å². The number of benzene rings is 3. The van der Waals surface area contributed by atoms with E-state index in [9.17, 15) is 14.9 Å². The van der Waals surface area contributed by atoms with Crippen LogP contribution in [0.15, 0.2) is 72.8 Å². The topological polar surface area (TPSA) is 146 Å². The van der Waals surface area contributed by atoms with E-state index in [0.29, 0.717) is 17.5 Å². The first-order valence-electron chi connectivity index (χ1n) is 11.0. The zero-order valence-corrected chi connectivity index (χ0v) is 18.5. The number of nitrogen functional groups attached to an aromatic ring is 1. The molecule has 170 valence electrons. The standard InChI is InChI=1S/C27H25N5O2/c28-15-18-6-1-2-9-19(18)20-10-3-4-11-21(20)24-13-23(27(34)32-24)22(14-25(29)33)16-7-5-8-17(12-16)26(30)31/h1-12,22-24H,13-14H2,(H2,29,33)(H3,30,31)(H,32,34). The molecule has 3 atom stereocenters. The lowest BCUT2D eigenvalue weighted by atomic mass is 9.80. The van der Waals surface area contributed by atoms with Crippen LogP contribution >= 0.6 is 0 Å². The molecule has 3 unspecified atom stereocenters. The van der Waals surface area contributed by atoms with Gasteiger partial charge in [-0.2, -0.15) is 5.26 Å². The molecule has 0 aliphatic carbocycles. The van der Waals surface area contributed by atoms with Crippen LogP contribution in [0, 0.1) is 22.7 Å². The maximum absolute atomic E-state index is 13.2. The number of nitrogens with two attached hydrogens (primary N) is 2. The zero-order valence-electron chi connectivity index (χ0n) is 18.5. The van der Waals surface area contributed by atoms with Crippen LogP contribution < -0.4 is 16.8 Å². The first-order valence-corrected chi connectivity index (χ1v) is 11.0. The van der Waals surface area contributed by atoms with E-state index < -0.39 is 17.7 Å². The first-order chi connectivity index (χ1) is 16.4. The molecule has 2 amide bonds.